The third-order valence-corrected chi connectivity index (χ3v) is 2.51. The molecule has 19 heavy (non-hydrogen) atoms. The van der Waals surface area contributed by atoms with Crippen molar-refractivity contribution in [3.05, 3.63) is 47.5 Å². The first-order chi connectivity index (χ1) is 9.06. The molecule has 0 fully saturated rings. The molecular formula is C13H13N3O3. The minimum absolute atomic E-state index is 0.0937. The largest absolute Gasteiger partial charge is 0.486 e. The quantitative estimate of drug-likeness (QED) is 0.810. The van der Waals surface area contributed by atoms with E-state index in [4.69, 9.17) is 15.6 Å². The lowest BCUT2D eigenvalue weighted by molar-refractivity contribution is 0.0695. The van der Waals surface area contributed by atoms with Crippen LogP contribution in [-0.4, -0.2) is 21.0 Å². The molecule has 1 aromatic heterocycles. The molecule has 1 heterocycles. The number of nitrogens with two attached hydrogens (primary N) is 1. The molecular weight excluding hydrogens is 246 g/mol. The Labute approximate surface area is 109 Å². The summed E-state index contributed by atoms with van der Waals surface area (Å²) in [6.45, 7) is 1.79. The fourth-order valence-electron chi connectivity index (χ4n) is 1.51. The number of rotatable bonds is 4. The van der Waals surface area contributed by atoms with Crippen LogP contribution in [0.3, 0.4) is 0 Å². The van der Waals surface area contributed by atoms with E-state index in [1.807, 2.05) is 0 Å². The second-order valence-electron chi connectivity index (χ2n) is 3.95. The molecule has 0 bridgehead atoms. The molecule has 0 amide bonds. The van der Waals surface area contributed by atoms with E-state index in [0.29, 0.717) is 23.0 Å². The number of ether oxygens (including phenoxy) is 1. The van der Waals surface area contributed by atoms with Crippen molar-refractivity contribution in [2.24, 2.45) is 0 Å². The van der Waals surface area contributed by atoms with Gasteiger partial charge in [-0.2, -0.15) is 0 Å². The zero-order valence-electron chi connectivity index (χ0n) is 10.3. The Morgan fingerprint density at radius 3 is 2.63 bits per heavy atom. The third kappa shape index (κ3) is 3.19. The highest BCUT2D eigenvalue weighted by atomic mass is 16.5. The molecule has 6 nitrogen and oxygen atoms in total. The lowest BCUT2D eigenvalue weighted by Crippen LogP contribution is -2.08. The van der Waals surface area contributed by atoms with Crippen molar-refractivity contribution in [2.75, 3.05) is 5.73 Å². The Morgan fingerprint density at radius 1 is 1.37 bits per heavy atom. The van der Waals surface area contributed by atoms with Crippen LogP contribution < -0.4 is 10.5 Å². The molecule has 0 aliphatic rings. The lowest BCUT2D eigenvalue weighted by Gasteiger charge is -2.06. The Kier molecular flexibility index (Phi) is 3.61. The van der Waals surface area contributed by atoms with E-state index in [2.05, 4.69) is 9.97 Å². The summed E-state index contributed by atoms with van der Waals surface area (Å²) in [7, 11) is 0. The number of carbonyl (C=O) groups is 1. The van der Waals surface area contributed by atoms with Gasteiger partial charge < -0.3 is 15.6 Å². The van der Waals surface area contributed by atoms with E-state index in [-0.39, 0.29) is 12.2 Å². The first kappa shape index (κ1) is 12.8. The summed E-state index contributed by atoms with van der Waals surface area (Å²) >= 11 is 0. The minimum atomic E-state index is -1.04. The fourth-order valence-corrected chi connectivity index (χ4v) is 1.51. The Balaban J connectivity index is 2.06. The molecule has 3 N–H and O–H groups in total. The lowest BCUT2D eigenvalue weighted by atomic mass is 10.2. The van der Waals surface area contributed by atoms with E-state index in [0.717, 1.165) is 0 Å². The predicted molar refractivity (Wildman–Crippen MR) is 68.9 cm³/mol. The molecule has 0 atom stereocenters. The van der Waals surface area contributed by atoms with E-state index in [1.165, 1.54) is 6.20 Å². The van der Waals surface area contributed by atoms with E-state index < -0.39 is 5.97 Å². The summed E-state index contributed by atoms with van der Waals surface area (Å²) < 4.78 is 5.47. The van der Waals surface area contributed by atoms with Gasteiger partial charge in [-0.05, 0) is 31.2 Å². The monoisotopic (exact) mass is 259 g/mol. The van der Waals surface area contributed by atoms with Gasteiger partial charge in [-0.15, -0.1) is 0 Å². The average Bonchev–Trinajstić information content (AvgIpc) is 2.37. The second-order valence-corrected chi connectivity index (χ2v) is 3.95. The van der Waals surface area contributed by atoms with Crippen molar-refractivity contribution < 1.29 is 14.6 Å². The van der Waals surface area contributed by atoms with Gasteiger partial charge in [-0.3, -0.25) is 0 Å². The molecule has 0 radical (unpaired) electrons. The molecule has 0 saturated heterocycles. The van der Waals surface area contributed by atoms with Crippen molar-refractivity contribution in [1.82, 2.24) is 9.97 Å². The van der Waals surface area contributed by atoms with Crippen LogP contribution in [0.25, 0.3) is 0 Å². The van der Waals surface area contributed by atoms with Crippen LogP contribution >= 0.6 is 0 Å². The number of nitrogen functional groups attached to an aromatic ring is 1. The van der Waals surface area contributed by atoms with E-state index >= 15 is 0 Å². The number of nitrogens with zero attached hydrogens (tertiary/aromatic N) is 2. The summed E-state index contributed by atoms with van der Waals surface area (Å²) in [4.78, 5) is 18.9. The van der Waals surface area contributed by atoms with Crippen LogP contribution in [0, 0.1) is 6.92 Å². The third-order valence-electron chi connectivity index (χ3n) is 2.51. The van der Waals surface area contributed by atoms with Gasteiger partial charge >= 0.3 is 5.97 Å². The Hall–Kier alpha value is -2.63. The van der Waals surface area contributed by atoms with Gasteiger partial charge in [-0.25, -0.2) is 14.8 Å². The number of benzene rings is 1. The van der Waals surface area contributed by atoms with Gasteiger partial charge in [0.05, 0.1) is 11.3 Å². The molecule has 2 aromatic rings. The second kappa shape index (κ2) is 5.34. The van der Waals surface area contributed by atoms with Crippen LogP contribution in [0.2, 0.25) is 0 Å². The number of aryl methyl sites for hydroxylation is 1. The zero-order chi connectivity index (χ0) is 13.8. The maximum atomic E-state index is 10.8. The van der Waals surface area contributed by atoms with Gasteiger partial charge in [-0.1, -0.05) is 0 Å². The number of hydrogen-bond donors (Lipinski definition) is 2. The topological polar surface area (TPSA) is 98.3 Å². The Bertz CT molecular complexity index is 597. The maximum Gasteiger partial charge on any atom is 0.339 e. The molecule has 0 spiro atoms. The van der Waals surface area contributed by atoms with Crippen molar-refractivity contribution in [2.45, 2.75) is 13.5 Å². The van der Waals surface area contributed by atoms with Gasteiger partial charge in [0.25, 0.3) is 0 Å². The molecule has 0 unspecified atom stereocenters. The molecule has 98 valence electrons. The number of aromatic carboxylic acids is 1. The minimum Gasteiger partial charge on any atom is -0.486 e. The molecule has 0 aliphatic carbocycles. The SMILES string of the molecule is Cc1nc(COc2ccc(N)cc2)ncc1C(=O)O. The smallest absolute Gasteiger partial charge is 0.339 e. The average molecular weight is 259 g/mol. The van der Waals surface area contributed by atoms with Crippen molar-refractivity contribution in [3.8, 4) is 5.75 Å². The highest BCUT2D eigenvalue weighted by Gasteiger charge is 2.10. The molecule has 1 aromatic carbocycles. The maximum absolute atomic E-state index is 10.8. The normalized spacial score (nSPS) is 10.2. The molecule has 6 heteroatoms. The van der Waals surface area contributed by atoms with Gasteiger partial charge in [0.15, 0.2) is 5.82 Å². The number of aromatic nitrogens is 2. The molecule has 2 rings (SSSR count). The van der Waals surface area contributed by atoms with Crippen LogP contribution in [0.1, 0.15) is 21.9 Å². The molecule has 0 saturated carbocycles. The van der Waals surface area contributed by atoms with Crippen LogP contribution in [0.15, 0.2) is 30.5 Å². The van der Waals surface area contributed by atoms with Gasteiger partial charge in [0.2, 0.25) is 0 Å². The standard InChI is InChI=1S/C13H13N3O3/c1-8-11(13(17)18)6-15-12(16-8)7-19-10-4-2-9(14)3-5-10/h2-6H,7,14H2,1H3,(H,17,18). The number of anilines is 1. The first-order valence-electron chi connectivity index (χ1n) is 5.60. The van der Waals surface area contributed by atoms with Crippen LogP contribution in [0.4, 0.5) is 5.69 Å². The van der Waals surface area contributed by atoms with Crippen molar-refractivity contribution in [3.63, 3.8) is 0 Å². The summed E-state index contributed by atoms with van der Waals surface area (Å²) in [6.07, 6.45) is 1.28. The zero-order valence-corrected chi connectivity index (χ0v) is 10.3. The van der Waals surface area contributed by atoms with Crippen molar-refractivity contribution in [1.29, 1.82) is 0 Å². The summed E-state index contributed by atoms with van der Waals surface area (Å²) in [6, 6.07) is 6.95. The summed E-state index contributed by atoms with van der Waals surface area (Å²) in [5, 5.41) is 8.87. The number of hydrogen-bond acceptors (Lipinski definition) is 5. The van der Waals surface area contributed by atoms with E-state index in [9.17, 15) is 4.79 Å². The van der Waals surface area contributed by atoms with Gasteiger partial charge in [0, 0.05) is 11.9 Å². The van der Waals surface area contributed by atoms with Crippen molar-refractivity contribution >= 4 is 11.7 Å². The van der Waals surface area contributed by atoms with Crippen LogP contribution in [-0.2, 0) is 6.61 Å². The number of carboxylic acids is 1. The number of carboxylic acid groups (broad SMARTS) is 1. The Morgan fingerprint density at radius 2 is 2.05 bits per heavy atom. The highest BCUT2D eigenvalue weighted by molar-refractivity contribution is 5.88. The highest BCUT2D eigenvalue weighted by Crippen LogP contribution is 2.14. The van der Waals surface area contributed by atoms with E-state index in [1.54, 1.807) is 31.2 Å². The summed E-state index contributed by atoms with van der Waals surface area (Å²) in [5.74, 6) is 0.0422. The first-order valence-corrected chi connectivity index (χ1v) is 5.60. The van der Waals surface area contributed by atoms with Crippen LogP contribution in [0.5, 0.6) is 5.75 Å². The predicted octanol–water partition coefficient (Wildman–Crippen LogP) is 1.64. The summed E-state index contributed by atoms with van der Waals surface area (Å²) in [5.41, 5.74) is 6.73. The molecule has 0 aliphatic heterocycles. The van der Waals surface area contributed by atoms with Gasteiger partial charge in [0.1, 0.15) is 12.4 Å². The fraction of sp³-hybridized carbons (Fsp3) is 0.154.